The summed E-state index contributed by atoms with van der Waals surface area (Å²) in [4.78, 5) is 41.4. The van der Waals surface area contributed by atoms with Crippen molar-refractivity contribution in [2.75, 3.05) is 6.61 Å². The van der Waals surface area contributed by atoms with Crippen LogP contribution in [0.2, 0.25) is 0 Å². The second kappa shape index (κ2) is 9.88. The summed E-state index contributed by atoms with van der Waals surface area (Å²) in [6, 6.07) is 14.6. The van der Waals surface area contributed by atoms with Gasteiger partial charge in [0, 0.05) is 22.6 Å². The molecule has 0 aliphatic carbocycles. The standard InChI is InChI=1S/C25H21F2N3O5/c1-15-11-19(16(2)30(15)17-7-9-18(10-8-17)35-25(26)27)22(31)14-34-24(33)13-29-21-6-4-3-5-20(21)28-12-23(29)32/h3-12,25H,13-14H2,1-2H3. The molecule has 0 radical (unpaired) electrons. The molecule has 10 heteroatoms. The van der Waals surface area contributed by atoms with Gasteiger partial charge in [0.25, 0.3) is 5.56 Å². The van der Waals surface area contributed by atoms with Gasteiger partial charge in [-0.1, -0.05) is 12.1 Å². The zero-order valence-electron chi connectivity index (χ0n) is 18.9. The minimum absolute atomic E-state index is 0.0236. The Hall–Kier alpha value is -4.34. The Morgan fingerprint density at radius 1 is 1.06 bits per heavy atom. The molecule has 4 rings (SSSR count). The Bertz CT molecular complexity index is 1460. The van der Waals surface area contributed by atoms with Gasteiger partial charge < -0.3 is 14.0 Å². The van der Waals surface area contributed by atoms with Gasteiger partial charge in [-0.15, -0.1) is 0 Å². The van der Waals surface area contributed by atoms with Crippen LogP contribution in [0, 0.1) is 13.8 Å². The normalized spacial score (nSPS) is 11.1. The van der Waals surface area contributed by atoms with E-state index in [1.165, 1.54) is 16.7 Å². The summed E-state index contributed by atoms with van der Waals surface area (Å²) >= 11 is 0. The molecule has 0 amide bonds. The number of aryl methyl sites for hydroxylation is 1. The van der Waals surface area contributed by atoms with Crippen LogP contribution in [0.5, 0.6) is 5.75 Å². The minimum Gasteiger partial charge on any atom is -0.456 e. The van der Waals surface area contributed by atoms with Crippen molar-refractivity contribution in [2.24, 2.45) is 0 Å². The maximum atomic E-state index is 12.8. The summed E-state index contributed by atoms with van der Waals surface area (Å²) in [5, 5.41) is 0. The molecule has 35 heavy (non-hydrogen) atoms. The fraction of sp³-hybridized carbons (Fsp3) is 0.200. The number of halogens is 2. The van der Waals surface area contributed by atoms with Gasteiger partial charge in [0.1, 0.15) is 12.3 Å². The summed E-state index contributed by atoms with van der Waals surface area (Å²) in [5.74, 6) is -1.13. The van der Waals surface area contributed by atoms with E-state index in [9.17, 15) is 23.2 Å². The fourth-order valence-corrected chi connectivity index (χ4v) is 3.90. The lowest BCUT2D eigenvalue weighted by atomic mass is 10.1. The van der Waals surface area contributed by atoms with Crippen LogP contribution in [0.3, 0.4) is 0 Å². The van der Waals surface area contributed by atoms with Gasteiger partial charge >= 0.3 is 12.6 Å². The average molecular weight is 481 g/mol. The first kappa shape index (κ1) is 23.8. The summed E-state index contributed by atoms with van der Waals surface area (Å²) < 4.78 is 37.3. The molecule has 0 saturated heterocycles. The molecular formula is C25H21F2N3O5. The van der Waals surface area contributed by atoms with Crippen LogP contribution in [-0.2, 0) is 16.1 Å². The number of rotatable bonds is 8. The number of esters is 1. The average Bonchev–Trinajstić information content (AvgIpc) is 3.13. The number of ketones is 1. The van der Waals surface area contributed by atoms with Crippen LogP contribution < -0.4 is 10.3 Å². The third-order valence-electron chi connectivity index (χ3n) is 5.46. The summed E-state index contributed by atoms with van der Waals surface area (Å²) in [5.41, 5.74) is 2.92. The minimum atomic E-state index is -2.92. The molecule has 4 aromatic rings. The number of fused-ring (bicyclic) bond motifs is 1. The number of benzene rings is 2. The first-order chi connectivity index (χ1) is 16.7. The summed E-state index contributed by atoms with van der Waals surface area (Å²) in [6.07, 6.45) is 1.13. The van der Waals surface area contributed by atoms with E-state index in [0.717, 1.165) is 11.9 Å². The maximum Gasteiger partial charge on any atom is 0.387 e. The summed E-state index contributed by atoms with van der Waals surface area (Å²) in [6.45, 7) is -0.253. The monoisotopic (exact) mass is 481 g/mol. The van der Waals surface area contributed by atoms with Gasteiger partial charge in [-0.25, -0.2) is 4.98 Å². The molecule has 8 nitrogen and oxygen atoms in total. The summed E-state index contributed by atoms with van der Waals surface area (Å²) in [7, 11) is 0. The Morgan fingerprint density at radius 2 is 1.77 bits per heavy atom. The highest BCUT2D eigenvalue weighted by molar-refractivity contribution is 5.99. The second-order valence-electron chi connectivity index (χ2n) is 7.75. The molecular weight excluding hydrogens is 460 g/mol. The van der Waals surface area contributed by atoms with Gasteiger partial charge in [0.05, 0.1) is 17.2 Å². The quantitative estimate of drug-likeness (QED) is 0.281. The van der Waals surface area contributed by atoms with Crippen LogP contribution in [-0.4, -0.2) is 39.1 Å². The third-order valence-corrected chi connectivity index (χ3v) is 5.46. The lowest BCUT2D eigenvalue weighted by Gasteiger charge is -2.11. The Morgan fingerprint density at radius 3 is 2.49 bits per heavy atom. The highest BCUT2D eigenvalue weighted by Gasteiger charge is 2.19. The van der Waals surface area contributed by atoms with Gasteiger partial charge in [0.2, 0.25) is 5.78 Å². The molecule has 2 aromatic heterocycles. The van der Waals surface area contributed by atoms with Crippen molar-refractivity contribution in [3.05, 3.63) is 88.1 Å². The largest absolute Gasteiger partial charge is 0.456 e. The van der Waals surface area contributed by atoms with Crippen molar-refractivity contribution in [2.45, 2.75) is 27.0 Å². The number of hydrogen-bond acceptors (Lipinski definition) is 6. The molecule has 0 fully saturated rings. The Labute approximate surface area is 198 Å². The van der Waals surface area contributed by atoms with E-state index in [1.54, 1.807) is 60.9 Å². The maximum absolute atomic E-state index is 12.8. The van der Waals surface area contributed by atoms with E-state index >= 15 is 0 Å². The van der Waals surface area contributed by atoms with Crippen molar-refractivity contribution < 1.29 is 27.8 Å². The van der Waals surface area contributed by atoms with E-state index in [2.05, 4.69) is 9.72 Å². The molecule has 0 N–H and O–H groups in total. The van der Waals surface area contributed by atoms with Crippen LogP contribution in [0.15, 0.2) is 65.6 Å². The van der Waals surface area contributed by atoms with E-state index in [0.29, 0.717) is 28.0 Å². The van der Waals surface area contributed by atoms with Crippen molar-refractivity contribution in [3.8, 4) is 11.4 Å². The second-order valence-corrected chi connectivity index (χ2v) is 7.75. The fourth-order valence-electron chi connectivity index (χ4n) is 3.90. The number of para-hydroxylation sites is 2. The van der Waals surface area contributed by atoms with E-state index in [1.807, 2.05) is 0 Å². The zero-order valence-corrected chi connectivity index (χ0v) is 18.9. The first-order valence-corrected chi connectivity index (χ1v) is 10.6. The topological polar surface area (TPSA) is 92.4 Å². The molecule has 2 heterocycles. The molecule has 0 unspecified atom stereocenters. The van der Waals surface area contributed by atoms with Crippen molar-refractivity contribution >= 4 is 22.8 Å². The number of nitrogens with zero attached hydrogens (tertiary/aromatic N) is 3. The highest BCUT2D eigenvalue weighted by Crippen LogP contribution is 2.24. The molecule has 0 spiro atoms. The number of carbonyl (C=O) groups is 2. The number of hydrogen-bond donors (Lipinski definition) is 0. The van der Waals surface area contributed by atoms with Crippen molar-refractivity contribution in [3.63, 3.8) is 0 Å². The molecule has 0 aliphatic rings. The molecule has 0 atom stereocenters. The van der Waals surface area contributed by atoms with Crippen LogP contribution >= 0.6 is 0 Å². The zero-order chi connectivity index (χ0) is 25.1. The number of Topliss-reactive ketones (excluding diaryl/α,β-unsaturated/α-hetero) is 1. The lowest BCUT2D eigenvalue weighted by Crippen LogP contribution is -2.27. The number of ether oxygens (including phenoxy) is 2. The van der Waals surface area contributed by atoms with Crippen molar-refractivity contribution in [1.29, 1.82) is 0 Å². The Balaban J connectivity index is 1.46. The van der Waals surface area contributed by atoms with Crippen molar-refractivity contribution in [1.82, 2.24) is 14.1 Å². The van der Waals surface area contributed by atoms with E-state index in [-0.39, 0.29) is 12.3 Å². The smallest absolute Gasteiger partial charge is 0.387 e. The van der Waals surface area contributed by atoms with Gasteiger partial charge in [-0.05, 0) is 56.3 Å². The van der Waals surface area contributed by atoms with Crippen LogP contribution in [0.4, 0.5) is 8.78 Å². The van der Waals surface area contributed by atoms with Gasteiger partial charge in [-0.3, -0.25) is 19.0 Å². The first-order valence-electron chi connectivity index (χ1n) is 10.6. The predicted octanol–water partition coefficient (Wildman–Crippen LogP) is 3.83. The molecule has 0 aliphatic heterocycles. The van der Waals surface area contributed by atoms with E-state index in [4.69, 9.17) is 4.74 Å². The highest BCUT2D eigenvalue weighted by atomic mass is 19.3. The molecule has 180 valence electrons. The number of aromatic nitrogens is 3. The third kappa shape index (κ3) is 5.11. The molecule has 0 bridgehead atoms. The Kier molecular flexibility index (Phi) is 6.72. The van der Waals surface area contributed by atoms with Crippen LogP contribution in [0.1, 0.15) is 21.7 Å². The SMILES string of the molecule is Cc1cc(C(=O)COC(=O)Cn2c(=O)cnc3ccccc32)c(C)n1-c1ccc(OC(F)F)cc1. The molecule has 0 saturated carbocycles. The number of carbonyl (C=O) groups excluding carboxylic acids is 2. The van der Waals surface area contributed by atoms with Gasteiger partial charge in [0.15, 0.2) is 6.61 Å². The molecule has 2 aromatic carbocycles. The van der Waals surface area contributed by atoms with Gasteiger partial charge in [-0.2, -0.15) is 8.78 Å². The predicted molar refractivity (Wildman–Crippen MR) is 123 cm³/mol. The number of alkyl halides is 2. The lowest BCUT2D eigenvalue weighted by molar-refractivity contribution is -0.143. The van der Waals surface area contributed by atoms with E-state index < -0.39 is 30.5 Å². The van der Waals surface area contributed by atoms with Crippen LogP contribution in [0.25, 0.3) is 16.7 Å².